The maximum Gasteiger partial charge on any atom is 0.249 e. The molecule has 0 bridgehead atoms. The number of aliphatic hydroxyl groups excluding tert-OH is 1. The summed E-state index contributed by atoms with van der Waals surface area (Å²) in [6.45, 7) is 0.137. The molecule has 3 N–H and O–H groups in total. The molecule has 1 aliphatic rings. The number of carbonyl (C=O) groups is 1. The maximum absolute atomic E-state index is 10.8. The molecule has 1 fully saturated rings. The number of amides is 1. The van der Waals surface area contributed by atoms with E-state index in [1.807, 2.05) is 0 Å². The highest BCUT2D eigenvalue weighted by Crippen LogP contribution is 2.34. The summed E-state index contributed by atoms with van der Waals surface area (Å²) in [7, 11) is 0. The van der Waals surface area contributed by atoms with Gasteiger partial charge in [-0.25, -0.2) is 0 Å². The molecule has 4 nitrogen and oxygen atoms in total. The van der Waals surface area contributed by atoms with E-state index in [2.05, 4.69) is 0 Å². The standard InChI is InChI=1S/C7H13NO3/c8-6(10)7(2-1-3-7)11-5-4-9/h9H,1-5H2,(H2,8,10). The highest BCUT2D eigenvalue weighted by atomic mass is 16.5. The van der Waals surface area contributed by atoms with Crippen molar-refractivity contribution < 1.29 is 14.6 Å². The molecule has 0 aromatic carbocycles. The number of hydrogen-bond acceptors (Lipinski definition) is 3. The first kappa shape index (κ1) is 8.49. The topological polar surface area (TPSA) is 72.6 Å². The van der Waals surface area contributed by atoms with Crippen LogP contribution < -0.4 is 5.73 Å². The van der Waals surface area contributed by atoms with Crippen molar-refractivity contribution in [3.8, 4) is 0 Å². The molecule has 0 heterocycles. The van der Waals surface area contributed by atoms with Gasteiger partial charge in [0, 0.05) is 0 Å². The molecule has 0 aliphatic heterocycles. The van der Waals surface area contributed by atoms with Gasteiger partial charge >= 0.3 is 0 Å². The molecular weight excluding hydrogens is 146 g/mol. The Kier molecular flexibility index (Phi) is 2.46. The molecule has 0 unspecified atom stereocenters. The van der Waals surface area contributed by atoms with E-state index in [1.54, 1.807) is 0 Å². The second-order valence-electron chi connectivity index (χ2n) is 2.78. The Hall–Kier alpha value is -0.610. The lowest BCUT2D eigenvalue weighted by Crippen LogP contribution is -2.52. The SMILES string of the molecule is NC(=O)C1(OCCO)CCC1. The van der Waals surface area contributed by atoms with Gasteiger partial charge in [0.2, 0.25) is 5.91 Å². The van der Waals surface area contributed by atoms with Gasteiger partial charge in [-0.15, -0.1) is 0 Å². The Morgan fingerprint density at radius 2 is 2.27 bits per heavy atom. The van der Waals surface area contributed by atoms with Crippen molar-refractivity contribution in [2.24, 2.45) is 5.73 Å². The van der Waals surface area contributed by atoms with E-state index >= 15 is 0 Å². The summed E-state index contributed by atoms with van der Waals surface area (Å²) in [6, 6.07) is 0. The van der Waals surface area contributed by atoms with Crippen LogP contribution in [0.2, 0.25) is 0 Å². The monoisotopic (exact) mass is 159 g/mol. The predicted octanol–water partition coefficient (Wildman–Crippen LogP) is -0.597. The van der Waals surface area contributed by atoms with E-state index in [9.17, 15) is 4.79 Å². The predicted molar refractivity (Wildman–Crippen MR) is 38.8 cm³/mol. The molecule has 4 heteroatoms. The van der Waals surface area contributed by atoms with E-state index < -0.39 is 11.5 Å². The minimum atomic E-state index is -0.747. The summed E-state index contributed by atoms with van der Waals surface area (Å²) in [5.74, 6) is -0.405. The van der Waals surface area contributed by atoms with Gasteiger partial charge in [-0.05, 0) is 19.3 Å². The minimum Gasteiger partial charge on any atom is -0.394 e. The van der Waals surface area contributed by atoms with Crippen molar-refractivity contribution in [2.75, 3.05) is 13.2 Å². The van der Waals surface area contributed by atoms with Crippen molar-refractivity contribution in [1.29, 1.82) is 0 Å². The maximum atomic E-state index is 10.8. The van der Waals surface area contributed by atoms with E-state index in [0.717, 1.165) is 6.42 Å². The molecule has 0 aromatic rings. The van der Waals surface area contributed by atoms with E-state index in [-0.39, 0.29) is 13.2 Å². The van der Waals surface area contributed by atoms with Crippen molar-refractivity contribution in [3.05, 3.63) is 0 Å². The van der Waals surface area contributed by atoms with Crippen LogP contribution in [0.15, 0.2) is 0 Å². The molecule has 1 aliphatic carbocycles. The van der Waals surface area contributed by atoms with Crippen molar-refractivity contribution in [1.82, 2.24) is 0 Å². The second-order valence-corrected chi connectivity index (χ2v) is 2.78. The highest BCUT2D eigenvalue weighted by molar-refractivity contribution is 5.84. The molecule has 0 atom stereocenters. The Balaban J connectivity index is 2.40. The molecule has 0 radical (unpaired) electrons. The number of nitrogens with two attached hydrogens (primary N) is 1. The van der Waals surface area contributed by atoms with Crippen molar-refractivity contribution >= 4 is 5.91 Å². The van der Waals surface area contributed by atoms with Gasteiger partial charge in [0.15, 0.2) is 0 Å². The number of primary amides is 1. The Labute approximate surface area is 65.3 Å². The first-order chi connectivity index (χ1) is 5.21. The molecule has 0 spiro atoms. The first-order valence-corrected chi connectivity index (χ1v) is 3.76. The van der Waals surface area contributed by atoms with Gasteiger partial charge in [-0.3, -0.25) is 4.79 Å². The number of hydrogen-bond donors (Lipinski definition) is 2. The third-order valence-corrected chi connectivity index (χ3v) is 2.08. The van der Waals surface area contributed by atoms with Gasteiger partial charge in [-0.1, -0.05) is 0 Å². The van der Waals surface area contributed by atoms with Crippen LogP contribution in [0.25, 0.3) is 0 Å². The number of aliphatic hydroxyl groups is 1. The van der Waals surface area contributed by atoms with Gasteiger partial charge in [0.05, 0.1) is 13.2 Å². The average Bonchev–Trinajstić information content (AvgIpc) is 1.85. The summed E-state index contributed by atoms with van der Waals surface area (Å²) < 4.78 is 5.15. The molecule has 0 aromatic heterocycles. The fraction of sp³-hybridized carbons (Fsp3) is 0.857. The Morgan fingerprint density at radius 1 is 1.64 bits per heavy atom. The fourth-order valence-electron chi connectivity index (χ4n) is 1.20. The van der Waals surface area contributed by atoms with Crippen molar-refractivity contribution in [2.45, 2.75) is 24.9 Å². The summed E-state index contributed by atoms with van der Waals surface area (Å²) in [5, 5.41) is 8.45. The largest absolute Gasteiger partial charge is 0.394 e. The lowest BCUT2D eigenvalue weighted by Gasteiger charge is -2.38. The fourth-order valence-corrected chi connectivity index (χ4v) is 1.20. The lowest BCUT2D eigenvalue weighted by atomic mass is 9.79. The van der Waals surface area contributed by atoms with Crippen LogP contribution in [0.4, 0.5) is 0 Å². The molecule has 11 heavy (non-hydrogen) atoms. The van der Waals surface area contributed by atoms with Gasteiger partial charge in [0.1, 0.15) is 5.60 Å². The highest BCUT2D eigenvalue weighted by Gasteiger charge is 2.43. The third kappa shape index (κ3) is 1.52. The van der Waals surface area contributed by atoms with Crippen LogP contribution in [0.3, 0.4) is 0 Å². The molecule has 0 saturated heterocycles. The lowest BCUT2D eigenvalue weighted by molar-refractivity contribution is -0.158. The zero-order chi connectivity index (χ0) is 8.32. The molecule has 64 valence electrons. The number of carbonyl (C=O) groups excluding carboxylic acids is 1. The van der Waals surface area contributed by atoms with Gasteiger partial charge in [0.25, 0.3) is 0 Å². The van der Waals surface area contributed by atoms with Crippen molar-refractivity contribution in [3.63, 3.8) is 0 Å². The zero-order valence-corrected chi connectivity index (χ0v) is 6.38. The van der Waals surface area contributed by atoms with Crippen LogP contribution in [0, 0.1) is 0 Å². The van der Waals surface area contributed by atoms with E-state index in [4.69, 9.17) is 15.6 Å². The molecule has 1 saturated carbocycles. The summed E-state index contributed by atoms with van der Waals surface area (Å²) in [5.41, 5.74) is 4.38. The van der Waals surface area contributed by atoms with Crippen LogP contribution >= 0.6 is 0 Å². The van der Waals surface area contributed by atoms with Gasteiger partial charge < -0.3 is 15.6 Å². The molecular formula is C7H13NO3. The third-order valence-electron chi connectivity index (χ3n) is 2.08. The molecule has 1 rings (SSSR count). The smallest absolute Gasteiger partial charge is 0.249 e. The summed E-state index contributed by atoms with van der Waals surface area (Å²) in [6.07, 6.45) is 2.37. The quantitative estimate of drug-likeness (QED) is 0.575. The zero-order valence-electron chi connectivity index (χ0n) is 6.38. The summed E-state index contributed by atoms with van der Waals surface area (Å²) >= 11 is 0. The molecule has 1 amide bonds. The van der Waals surface area contributed by atoms with Crippen LogP contribution in [0.5, 0.6) is 0 Å². The van der Waals surface area contributed by atoms with E-state index in [1.165, 1.54) is 0 Å². The summed E-state index contributed by atoms with van der Waals surface area (Å²) in [4.78, 5) is 10.8. The van der Waals surface area contributed by atoms with Crippen LogP contribution in [0.1, 0.15) is 19.3 Å². The Bertz CT molecular complexity index is 154. The van der Waals surface area contributed by atoms with Gasteiger partial charge in [-0.2, -0.15) is 0 Å². The number of rotatable bonds is 4. The Morgan fingerprint density at radius 3 is 2.55 bits per heavy atom. The second kappa shape index (κ2) is 3.19. The first-order valence-electron chi connectivity index (χ1n) is 3.76. The normalized spacial score (nSPS) is 20.8. The minimum absolute atomic E-state index is 0.0605. The average molecular weight is 159 g/mol. The van der Waals surface area contributed by atoms with E-state index in [0.29, 0.717) is 12.8 Å². The van der Waals surface area contributed by atoms with Crippen LogP contribution in [-0.4, -0.2) is 29.8 Å². The van der Waals surface area contributed by atoms with Crippen LogP contribution in [-0.2, 0) is 9.53 Å². The number of ether oxygens (including phenoxy) is 1.